The highest BCUT2D eigenvalue weighted by molar-refractivity contribution is 5.94. The van der Waals surface area contributed by atoms with E-state index in [0.717, 1.165) is 6.42 Å². The van der Waals surface area contributed by atoms with Crippen LogP contribution in [0.5, 0.6) is 0 Å². The highest BCUT2D eigenvalue weighted by Crippen LogP contribution is 2.04. The molecule has 1 rings (SSSR count). The van der Waals surface area contributed by atoms with Crippen molar-refractivity contribution in [3.63, 3.8) is 0 Å². The quantitative estimate of drug-likeness (QED) is 0.807. The van der Waals surface area contributed by atoms with Gasteiger partial charge in [-0.05, 0) is 44.0 Å². The maximum Gasteiger partial charge on any atom is 0.251 e. The lowest BCUT2D eigenvalue weighted by Gasteiger charge is -2.13. The van der Waals surface area contributed by atoms with Crippen molar-refractivity contribution < 1.29 is 9.90 Å². The van der Waals surface area contributed by atoms with Gasteiger partial charge in [0.15, 0.2) is 0 Å². The molecule has 1 amide bonds. The third kappa shape index (κ3) is 4.25. The maximum atomic E-state index is 11.8. The summed E-state index contributed by atoms with van der Waals surface area (Å²) in [6.07, 6.45) is 1.42. The highest BCUT2D eigenvalue weighted by Gasteiger charge is 2.09. The van der Waals surface area contributed by atoms with Gasteiger partial charge in [-0.1, -0.05) is 0 Å². The number of aliphatic hydroxyl groups excluding tert-OH is 1. The monoisotopic (exact) mass is 232 g/mol. The third-order valence-electron chi connectivity index (χ3n) is 2.45. The van der Waals surface area contributed by atoms with Crippen molar-refractivity contribution in [1.29, 1.82) is 5.26 Å². The Labute approximate surface area is 101 Å². The van der Waals surface area contributed by atoms with Crippen molar-refractivity contribution in [1.82, 2.24) is 5.32 Å². The molecule has 0 aliphatic rings. The van der Waals surface area contributed by atoms with Crippen LogP contribution in [0.15, 0.2) is 24.3 Å². The van der Waals surface area contributed by atoms with Gasteiger partial charge in [0.25, 0.3) is 5.91 Å². The zero-order valence-electron chi connectivity index (χ0n) is 9.81. The molecule has 0 aromatic heterocycles. The van der Waals surface area contributed by atoms with Gasteiger partial charge in [-0.3, -0.25) is 4.79 Å². The van der Waals surface area contributed by atoms with E-state index in [-0.39, 0.29) is 18.6 Å². The molecule has 0 spiro atoms. The van der Waals surface area contributed by atoms with Crippen molar-refractivity contribution in [3.05, 3.63) is 35.4 Å². The predicted molar refractivity (Wildman–Crippen MR) is 64.4 cm³/mol. The number of benzene rings is 1. The van der Waals surface area contributed by atoms with E-state index in [1.807, 2.05) is 13.0 Å². The Balaban J connectivity index is 2.54. The van der Waals surface area contributed by atoms with E-state index in [1.54, 1.807) is 24.3 Å². The van der Waals surface area contributed by atoms with Gasteiger partial charge in [0, 0.05) is 18.2 Å². The van der Waals surface area contributed by atoms with Crippen molar-refractivity contribution in [2.24, 2.45) is 0 Å². The SMILES string of the molecule is CC(CCCO)NC(=O)c1ccc(C#N)cc1. The van der Waals surface area contributed by atoms with Crippen LogP contribution in [0.4, 0.5) is 0 Å². The summed E-state index contributed by atoms with van der Waals surface area (Å²) in [4.78, 5) is 11.8. The number of carbonyl (C=O) groups excluding carboxylic acids is 1. The van der Waals surface area contributed by atoms with Gasteiger partial charge < -0.3 is 10.4 Å². The molecule has 0 aliphatic carbocycles. The van der Waals surface area contributed by atoms with E-state index in [4.69, 9.17) is 10.4 Å². The average molecular weight is 232 g/mol. The molecule has 0 heterocycles. The molecular weight excluding hydrogens is 216 g/mol. The van der Waals surface area contributed by atoms with Crippen LogP contribution in [0.1, 0.15) is 35.7 Å². The van der Waals surface area contributed by atoms with Crippen molar-refractivity contribution >= 4 is 5.91 Å². The number of carbonyl (C=O) groups is 1. The minimum absolute atomic E-state index is 0.0327. The van der Waals surface area contributed by atoms with E-state index >= 15 is 0 Å². The minimum Gasteiger partial charge on any atom is -0.396 e. The Morgan fingerprint density at radius 3 is 2.65 bits per heavy atom. The summed E-state index contributed by atoms with van der Waals surface area (Å²) in [5, 5.41) is 20.2. The first-order valence-electron chi connectivity index (χ1n) is 5.59. The van der Waals surface area contributed by atoms with Crippen LogP contribution in [0.2, 0.25) is 0 Å². The second-order valence-corrected chi connectivity index (χ2v) is 3.93. The topological polar surface area (TPSA) is 73.1 Å². The summed E-state index contributed by atoms with van der Waals surface area (Å²) in [6.45, 7) is 2.04. The molecule has 17 heavy (non-hydrogen) atoms. The number of amides is 1. The van der Waals surface area contributed by atoms with Crippen LogP contribution in [-0.2, 0) is 0 Å². The summed E-state index contributed by atoms with van der Waals surface area (Å²) >= 11 is 0. The first-order chi connectivity index (χ1) is 8.17. The van der Waals surface area contributed by atoms with Crippen molar-refractivity contribution in [3.8, 4) is 6.07 Å². The fourth-order valence-corrected chi connectivity index (χ4v) is 1.47. The number of aliphatic hydroxyl groups is 1. The Morgan fingerprint density at radius 2 is 2.12 bits per heavy atom. The summed E-state index contributed by atoms with van der Waals surface area (Å²) in [7, 11) is 0. The Morgan fingerprint density at radius 1 is 1.47 bits per heavy atom. The second-order valence-electron chi connectivity index (χ2n) is 3.93. The Bertz CT molecular complexity index is 406. The fraction of sp³-hybridized carbons (Fsp3) is 0.385. The van der Waals surface area contributed by atoms with Crippen LogP contribution < -0.4 is 5.32 Å². The molecule has 1 unspecified atom stereocenters. The van der Waals surface area contributed by atoms with Gasteiger partial charge in [0.1, 0.15) is 0 Å². The minimum atomic E-state index is -0.153. The molecular formula is C13H16N2O2. The smallest absolute Gasteiger partial charge is 0.251 e. The fourth-order valence-electron chi connectivity index (χ4n) is 1.47. The summed E-state index contributed by atoms with van der Waals surface area (Å²) in [6, 6.07) is 8.53. The number of nitriles is 1. The van der Waals surface area contributed by atoms with E-state index in [0.29, 0.717) is 17.5 Å². The number of nitrogens with zero attached hydrogens (tertiary/aromatic N) is 1. The molecule has 4 heteroatoms. The number of nitrogens with one attached hydrogen (secondary N) is 1. The van der Waals surface area contributed by atoms with Gasteiger partial charge >= 0.3 is 0 Å². The molecule has 0 aliphatic heterocycles. The van der Waals surface area contributed by atoms with E-state index in [9.17, 15) is 4.79 Å². The number of hydrogen-bond donors (Lipinski definition) is 2. The lowest BCUT2D eigenvalue weighted by Crippen LogP contribution is -2.32. The van der Waals surface area contributed by atoms with E-state index < -0.39 is 0 Å². The zero-order chi connectivity index (χ0) is 12.7. The molecule has 0 radical (unpaired) electrons. The lowest BCUT2D eigenvalue weighted by molar-refractivity contribution is 0.0936. The van der Waals surface area contributed by atoms with Crippen LogP contribution >= 0.6 is 0 Å². The van der Waals surface area contributed by atoms with Gasteiger partial charge in [-0.25, -0.2) is 0 Å². The highest BCUT2D eigenvalue weighted by atomic mass is 16.2. The molecule has 1 aromatic rings. The van der Waals surface area contributed by atoms with Crippen LogP contribution in [0.3, 0.4) is 0 Å². The zero-order valence-corrected chi connectivity index (χ0v) is 9.81. The van der Waals surface area contributed by atoms with Gasteiger partial charge in [0.05, 0.1) is 11.6 Å². The first kappa shape index (κ1) is 13.2. The number of hydrogen-bond acceptors (Lipinski definition) is 3. The lowest BCUT2D eigenvalue weighted by atomic mass is 10.1. The van der Waals surface area contributed by atoms with E-state index in [2.05, 4.69) is 5.32 Å². The summed E-state index contributed by atoms with van der Waals surface area (Å²) in [5.74, 6) is -0.153. The van der Waals surface area contributed by atoms with Gasteiger partial charge in [0.2, 0.25) is 0 Å². The molecule has 2 N–H and O–H groups in total. The second kappa shape index (κ2) is 6.66. The van der Waals surface area contributed by atoms with Crippen LogP contribution in [0.25, 0.3) is 0 Å². The summed E-state index contributed by atoms with van der Waals surface area (Å²) in [5.41, 5.74) is 1.08. The molecule has 1 atom stereocenters. The van der Waals surface area contributed by atoms with Crippen molar-refractivity contribution in [2.45, 2.75) is 25.8 Å². The van der Waals surface area contributed by atoms with Gasteiger partial charge in [-0.2, -0.15) is 5.26 Å². The standard InChI is InChI=1S/C13H16N2O2/c1-10(3-2-8-16)15-13(17)12-6-4-11(9-14)5-7-12/h4-7,10,16H,2-3,8H2,1H3,(H,15,17). The molecule has 0 saturated carbocycles. The average Bonchev–Trinajstić information content (AvgIpc) is 2.36. The molecule has 1 aromatic carbocycles. The predicted octanol–water partition coefficient (Wildman–Crippen LogP) is 1.45. The molecule has 0 saturated heterocycles. The maximum absolute atomic E-state index is 11.8. The molecule has 4 nitrogen and oxygen atoms in total. The Hall–Kier alpha value is -1.86. The number of rotatable bonds is 5. The largest absolute Gasteiger partial charge is 0.396 e. The normalized spacial score (nSPS) is 11.6. The van der Waals surface area contributed by atoms with Crippen LogP contribution in [-0.4, -0.2) is 23.7 Å². The van der Waals surface area contributed by atoms with Crippen LogP contribution in [0, 0.1) is 11.3 Å². The first-order valence-corrected chi connectivity index (χ1v) is 5.59. The Kier molecular flexibility index (Phi) is 5.18. The molecule has 0 bridgehead atoms. The molecule has 90 valence electrons. The van der Waals surface area contributed by atoms with E-state index in [1.165, 1.54) is 0 Å². The third-order valence-corrected chi connectivity index (χ3v) is 2.45. The summed E-state index contributed by atoms with van der Waals surface area (Å²) < 4.78 is 0. The van der Waals surface area contributed by atoms with Gasteiger partial charge in [-0.15, -0.1) is 0 Å². The molecule has 0 fully saturated rings. The van der Waals surface area contributed by atoms with Crippen molar-refractivity contribution in [2.75, 3.05) is 6.61 Å².